The van der Waals surface area contributed by atoms with E-state index in [-0.39, 0.29) is 30.0 Å². The summed E-state index contributed by atoms with van der Waals surface area (Å²) in [6.45, 7) is 2.64. The third-order valence-corrected chi connectivity index (χ3v) is 5.36. The molecule has 1 saturated heterocycles. The van der Waals surface area contributed by atoms with Gasteiger partial charge in [0.15, 0.2) is 11.6 Å². The molecule has 0 saturated carbocycles. The quantitative estimate of drug-likeness (QED) is 0.735. The fourth-order valence-corrected chi connectivity index (χ4v) is 3.76. The zero-order chi connectivity index (χ0) is 22.2. The average Bonchev–Trinajstić information content (AvgIpc) is 3.09. The summed E-state index contributed by atoms with van der Waals surface area (Å²) in [4.78, 5) is 12.9. The minimum absolute atomic E-state index is 0.0331. The van der Waals surface area contributed by atoms with Crippen molar-refractivity contribution in [1.29, 1.82) is 0 Å². The van der Waals surface area contributed by atoms with Gasteiger partial charge in [-0.2, -0.15) is 18.4 Å². The largest absolute Gasteiger partial charge is 0.495 e. The molecule has 1 unspecified atom stereocenters. The summed E-state index contributed by atoms with van der Waals surface area (Å²) in [5, 5.41) is 20.9. The van der Waals surface area contributed by atoms with Crippen LogP contribution in [-0.2, 0) is 4.79 Å². The zero-order valence-corrected chi connectivity index (χ0v) is 16.7. The minimum atomic E-state index is -4.85. The van der Waals surface area contributed by atoms with Gasteiger partial charge in [0.25, 0.3) is 0 Å². The molecule has 8 nitrogen and oxygen atoms in total. The van der Waals surface area contributed by atoms with E-state index in [1.807, 2.05) is 29.2 Å². The number of fused-ring (bicyclic) bond motifs is 1. The Hall–Kier alpha value is -3.05. The molecule has 11 heteroatoms. The second kappa shape index (κ2) is 7.89. The average molecular weight is 436 g/mol. The molecule has 3 aliphatic rings. The van der Waals surface area contributed by atoms with Crippen molar-refractivity contribution < 1.29 is 32.7 Å². The highest BCUT2D eigenvalue weighted by molar-refractivity contribution is 6.07. The Morgan fingerprint density at radius 3 is 2.48 bits per heavy atom. The fraction of sp³-hybridized carbons (Fsp3) is 0.400. The Bertz CT molecular complexity index is 992. The standard InChI is InChI=1S/C20H21F3N5O3/c1-13(29)12-31-16-4-2-14(3-5-16)15-8-10-27(11-9-15)17-6-7-18-24-25-19(20(21,22)23)28(18,30)26-17/h2-7,15,30H,8-12H2,1H3/q+1. The Morgan fingerprint density at radius 1 is 1.19 bits per heavy atom. The number of hydrogen-bond donors (Lipinski definition) is 1. The molecule has 0 radical (unpaired) electrons. The van der Waals surface area contributed by atoms with Crippen LogP contribution in [0.3, 0.4) is 0 Å². The molecule has 31 heavy (non-hydrogen) atoms. The van der Waals surface area contributed by atoms with E-state index < -0.39 is 16.8 Å². The van der Waals surface area contributed by atoms with Crippen molar-refractivity contribution in [2.24, 2.45) is 15.3 Å². The molecule has 0 amide bonds. The van der Waals surface area contributed by atoms with Gasteiger partial charge in [0.1, 0.15) is 12.4 Å². The van der Waals surface area contributed by atoms with E-state index in [2.05, 4.69) is 15.3 Å². The minimum Gasteiger partial charge on any atom is -0.486 e. The normalized spacial score (nSPS) is 23.8. The van der Waals surface area contributed by atoms with Crippen LogP contribution in [0.25, 0.3) is 0 Å². The number of alkyl halides is 3. The molecule has 1 N–H and O–H groups in total. The van der Waals surface area contributed by atoms with Crippen LogP contribution < -0.4 is 4.74 Å². The summed E-state index contributed by atoms with van der Waals surface area (Å²) < 4.78 is 43.1. The number of Topliss-reactive ketones (excluding diaryl/α,β-unsaturated/α-hetero) is 1. The lowest BCUT2D eigenvalue weighted by Gasteiger charge is -2.34. The molecule has 1 atom stereocenters. The van der Waals surface area contributed by atoms with Crippen LogP contribution >= 0.6 is 0 Å². The monoisotopic (exact) mass is 436 g/mol. The summed E-state index contributed by atoms with van der Waals surface area (Å²) >= 11 is 0. The highest BCUT2D eigenvalue weighted by Gasteiger charge is 2.61. The molecule has 3 heterocycles. The number of hydrogen-bond acceptors (Lipinski definition) is 7. The van der Waals surface area contributed by atoms with E-state index in [9.17, 15) is 23.2 Å². The number of nitrogens with zero attached hydrogens (tertiary/aromatic N) is 5. The van der Waals surface area contributed by atoms with E-state index in [4.69, 9.17) is 4.74 Å². The van der Waals surface area contributed by atoms with E-state index in [0.717, 1.165) is 18.4 Å². The molecule has 164 valence electrons. The number of ether oxygens (including phenoxy) is 1. The number of benzene rings is 1. The SMILES string of the molecule is CC(=O)COc1ccc(C2CCN(C3=N[N+]4(O)C(=NN=C4C(F)(F)F)C=C3)CC2)cc1. The molecule has 4 rings (SSSR count). The molecule has 1 aromatic rings. The smallest absolute Gasteiger partial charge is 0.486 e. The van der Waals surface area contributed by atoms with Crippen molar-refractivity contribution >= 4 is 23.3 Å². The Morgan fingerprint density at radius 2 is 1.87 bits per heavy atom. The number of halogens is 3. The number of rotatable bonds is 4. The number of ketones is 1. The topological polar surface area (TPSA) is 86.8 Å². The highest BCUT2D eigenvalue weighted by atomic mass is 19.4. The van der Waals surface area contributed by atoms with E-state index in [1.54, 1.807) is 6.08 Å². The summed E-state index contributed by atoms with van der Waals surface area (Å²) in [6, 6.07) is 7.57. The number of hydroxylamine groups is 2. The summed E-state index contributed by atoms with van der Waals surface area (Å²) in [5.74, 6) is -0.667. The maximum absolute atomic E-state index is 13.2. The molecule has 0 aliphatic carbocycles. The predicted octanol–water partition coefficient (Wildman–Crippen LogP) is 3.21. The van der Waals surface area contributed by atoms with Gasteiger partial charge in [0, 0.05) is 23.9 Å². The first-order valence-electron chi connectivity index (χ1n) is 9.78. The van der Waals surface area contributed by atoms with Gasteiger partial charge >= 0.3 is 17.8 Å². The Balaban J connectivity index is 1.41. The van der Waals surface area contributed by atoms with Crippen LogP contribution in [0.1, 0.15) is 31.2 Å². The van der Waals surface area contributed by atoms with Crippen molar-refractivity contribution in [3.8, 4) is 5.75 Å². The van der Waals surface area contributed by atoms with E-state index >= 15 is 0 Å². The number of carbonyl (C=O) groups excluding carboxylic acids is 1. The maximum Gasteiger partial charge on any atom is 0.495 e. The van der Waals surface area contributed by atoms with Crippen LogP contribution in [0.2, 0.25) is 0 Å². The summed E-state index contributed by atoms with van der Waals surface area (Å²) in [6.07, 6.45) is -0.467. The van der Waals surface area contributed by atoms with Crippen LogP contribution in [-0.4, -0.2) is 64.0 Å². The zero-order valence-electron chi connectivity index (χ0n) is 16.7. The second-order valence-electron chi connectivity index (χ2n) is 7.59. The van der Waals surface area contributed by atoms with Crippen molar-refractivity contribution in [2.45, 2.75) is 31.9 Å². The van der Waals surface area contributed by atoms with Crippen LogP contribution in [0.5, 0.6) is 5.75 Å². The van der Waals surface area contributed by atoms with Gasteiger partial charge in [0.2, 0.25) is 0 Å². The van der Waals surface area contributed by atoms with Gasteiger partial charge in [-0.05, 0) is 54.6 Å². The molecular formula is C20H21F3N5O3+. The number of carbonyl (C=O) groups is 1. The number of piperidine rings is 1. The van der Waals surface area contributed by atoms with E-state index in [0.29, 0.717) is 18.8 Å². The fourth-order valence-electron chi connectivity index (χ4n) is 3.76. The van der Waals surface area contributed by atoms with Crippen molar-refractivity contribution in [3.05, 3.63) is 42.0 Å². The molecule has 0 spiro atoms. The van der Waals surface area contributed by atoms with Gasteiger partial charge < -0.3 is 9.64 Å². The first-order chi connectivity index (χ1) is 14.7. The van der Waals surface area contributed by atoms with Gasteiger partial charge in [-0.15, -0.1) is 0 Å². The highest BCUT2D eigenvalue weighted by Crippen LogP contribution is 2.33. The van der Waals surface area contributed by atoms with Crippen LogP contribution in [0, 0.1) is 0 Å². The first kappa shape index (κ1) is 21.2. The molecule has 0 aromatic heterocycles. The lowest BCUT2D eigenvalue weighted by molar-refractivity contribution is -0.964. The molecular weight excluding hydrogens is 415 g/mol. The molecule has 3 aliphatic heterocycles. The summed E-state index contributed by atoms with van der Waals surface area (Å²) in [7, 11) is 0. The van der Waals surface area contributed by atoms with Gasteiger partial charge in [-0.25, -0.2) is 0 Å². The molecule has 0 bridgehead atoms. The van der Waals surface area contributed by atoms with Crippen LogP contribution in [0.15, 0.2) is 51.7 Å². The maximum atomic E-state index is 13.2. The first-order valence-corrected chi connectivity index (χ1v) is 9.78. The van der Waals surface area contributed by atoms with Gasteiger partial charge in [0.05, 0.1) is 0 Å². The molecule has 1 aromatic carbocycles. The predicted molar refractivity (Wildman–Crippen MR) is 106 cm³/mol. The van der Waals surface area contributed by atoms with Gasteiger partial charge in [-0.3, -0.25) is 4.79 Å². The van der Waals surface area contributed by atoms with Gasteiger partial charge in [-0.1, -0.05) is 22.3 Å². The Kier molecular flexibility index (Phi) is 5.40. The third kappa shape index (κ3) is 4.23. The van der Waals surface area contributed by atoms with Crippen molar-refractivity contribution in [2.75, 3.05) is 19.7 Å². The number of quaternary nitrogens is 1. The Labute approximate surface area is 176 Å². The number of amidine groups is 3. The lowest BCUT2D eigenvalue weighted by Crippen LogP contribution is -2.56. The van der Waals surface area contributed by atoms with Crippen LogP contribution in [0.4, 0.5) is 13.2 Å². The lowest BCUT2D eigenvalue weighted by atomic mass is 9.89. The third-order valence-electron chi connectivity index (χ3n) is 5.36. The number of likely N-dealkylation sites (tertiary alicyclic amines) is 1. The van der Waals surface area contributed by atoms with Crippen molar-refractivity contribution in [3.63, 3.8) is 0 Å². The summed E-state index contributed by atoms with van der Waals surface area (Å²) in [5.41, 5.74) is 1.13. The molecule has 1 fully saturated rings. The second-order valence-corrected chi connectivity index (χ2v) is 7.59. The van der Waals surface area contributed by atoms with E-state index in [1.165, 1.54) is 13.0 Å². The van der Waals surface area contributed by atoms with Crippen molar-refractivity contribution in [1.82, 2.24) is 4.90 Å².